The first-order chi connectivity index (χ1) is 7.24. The number of hydrogen-bond acceptors (Lipinski definition) is 3. The molecule has 2 aromatic rings. The van der Waals surface area contributed by atoms with Crippen molar-refractivity contribution in [1.82, 2.24) is 10.1 Å². The van der Waals surface area contributed by atoms with Crippen LogP contribution in [0.2, 0.25) is 0 Å². The van der Waals surface area contributed by atoms with Crippen molar-refractivity contribution < 1.29 is 8.91 Å². The minimum Gasteiger partial charge on any atom is -0.339 e. The van der Waals surface area contributed by atoms with E-state index >= 15 is 0 Å². The Bertz CT molecular complexity index is 453. The monoisotopic (exact) mass is 206 g/mol. The molecule has 1 aromatic carbocycles. The first kappa shape index (κ1) is 9.83. The third-order valence-corrected chi connectivity index (χ3v) is 2.09. The van der Waals surface area contributed by atoms with E-state index in [1.54, 1.807) is 13.0 Å². The molecule has 0 aliphatic heterocycles. The Morgan fingerprint density at radius 3 is 2.87 bits per heavy atom. The second-order valence-electron chi connectivity index (χ2n) is 3.37. The van der Waals surface area contributed by atoms with Crippen molar-refractivity contribution in [2.75, 3.05) is 0 Å². The fourth-order valence-corrected chi connectivity index (χ4v) is 1.39. The van der Waals surface area contributed by atoms with E-state index in [-0.39, 0.29) is 5.82 Å². The molecule has 0 atom stereocenters. The smallest absolute Gasteiger partial charge is 0.226 e. The van der Waals surface area contributed by atoms with Crippen LogP contribution in [0, 0.1) is 12.7 Å². The summed E-state index contributed by atoms with van der Waals surface area (Å²) >= 11 is 0. The van der Waals surface area contributed by atoms with Gasteiger partial charge in [0.1, 0.15) is 5.82 Å². The van der Waals surface area contributed by atoms with Crippen LogP contribution in [-0.2, 0) is 12.8 Å². The molecule has 0 aliphatic carbocycles. The zero-order valence-electron chi connectivity index (χ0n) is 8.40. The quantitative estimate of drug-likeness (QED) is 0.773. The summed E-state index contributed by atoms with van der Waals surface area (Å²) in [6.07, 6.45) is 1.35. The third-order valence-electron chi connectivity index (χ3n) is 2.09. The maximum Gasteiger partial charge on any atom is 0.226 e. The van der Waals surface area contributed by atoms with Gasteiger partial charge in [-0.25, -0.2) is 4.39 Å². The van der Waals surface area contributed by atoms with E-state index in [2.05, 4.69) is 10.1 Å². The highest BCUT2D eigenvalue weighted by atomic mass is 19.1. The van der Waals surface area contributed by atoms with Gasteiger partial charge in [-0.1, -0.05) is 17.3 Å². The van der Waals surface area contributed by atoms with Crippen LogP contribution in [0.5, 0.6) is 0 Å². The molecule has 3 nitrogen and oxygen atoms in total. The minimum atomic E-state index is -0.214. The molecule has 0 saturated heterocycles. The van der Waals surface area contributed by atoms with Crippen LogP contribution in [0.15, 0.2) is 28.8 Å². The van der Waals surface area contributed by atoms with Crippen molar-refractivity contribution in [3.63, 3.8) is 0 Å². The molecule has 0 unspecified atom stereocenters. The highest BCUT2D eigenvalue weighted by Gasteiger charge is 2.03. The number of benzene rings is 1. The molecule has 0 spiro atoms. The van der Waals surface area contributed by atoms with E-state index in [1.807, 2.05) is 6.07 Å². The average Bonchev–Trinajstić information content (AvgIpc) is 2.62. The SMILES string of the molecule is Cc1noc(CCc2cccc(F)c2)n1. The largest absolute Gasteiger partial charge is 0.339 e. The van der Waals surface area contributed by atoms with Crippen LogP contribution in [0.4, 0.5) is 4.39 Å². The Balaban J connectivity index is 1.99. The first-order valence-corrected chi connectivity index (χ1v) is 4.77. The zero-order chi connectivity index (χ0) is 10.7. The molecule has 0 saturated carbocycles. The van der Waals surface area contributed by atoms with E-state index in [1.165, 1.54) is 12.1 Å². The van der Waals surface area contributed by atoms with Gasteiger partial charge in [0, 0.05) is 6.42 Å². The molecule has 1 aromatic heterocycles. The van der Waals surface area contributed by atoms with Crippen molar-refractivity contribution in [3.05, 3.63) is 47.4 Å². The number of rotatable bonds is 3. The molecule has 2 rings (SSSR count). The Kier molecular flexibility index (Phi) is 2.76. The number of aryl methyl sites for hydroxylation is 3. The van der Waals surface area contributed by atoms with E-state index in [9.17, 15) is 4.39 Å². The Morgan fingerprint density at radius 2 is 2.20 bits per heavy atom. The summed E-state index contributed by atoms with van der Waals surface area (Å²) in [5.74, 6) is 1.01. The first-order valence-electron chi connectivity index (χ1n) is 4.77. The fourth-order valence-electron chi connectivity index (χ4n) is 1.39. The van der Waals surface area contributed by atoms with Crippen molar-refractivity contribution in [2.45, 2.75) is 19.8 Å². The summed E-state index contributed by atoms with van der Waals surface area (Å²) in [6.45, 7) is 1.77. The van der Waals surface area contributed by atoms with Gasteiger partial charge < -0.3 is 4.52 Å². The van der Waals surface area contributed by atoms with Crippen molar-refractivity contribution in [3.8, 4) is 0 Å². The van der Waals surface area contributed by atoms with E-state index in [4.69, 9.17) is 4.52 Å². The van der Waals surface area contributed by atoms with Crippen molar-refractivity contribution >= 4 is 0 Å². The van der Waals surface area contributed by atoms with Gasteiger partial charge in [-0.3, -0.25) is 0 Å². The molecule has 0 amide bonds. The van der Waals surface area contributed by atoms with E-state index in [0.717, 1.165) is 5.56 Å². The van der Waals surface area contributed by atoms with Gasteiger partial charge in [0.2, 0.25) is 5.89 Å². The van der Waals surface area contributed by atoms with Gasteiger partial charge in [-0.05, 0) is 31.0 Å². The fraction of sp³-hybridized carbons (Fsp3) is 0.273. The summed E-state index contributed by atoms with van der Waals surface area (Å²) in [6, 6.07) is 6.53. The van der Waals surface area contributed by atoms with E-state index < -0.39 is 0 Å². The number of aromatic nitrogens is 2. The second-order valence-corrected chi connectivity index (χ2v) is 3.37. The average molecular weight is 206 g/mol. The Labute approximate surface area is 86.9 Å². The van der Waals surface area contributed by atoms with Gasteiger partial charge in [0.25, 0.3) is 0 Å². The van der Waals surface area contributed by atoms with Crippen molar-refractivity contribution in [2.24, 2.45) is 0 Å². The van der Waals surface area contributed by atoms with E-state index in [0.29, 0.717) is 24.6 Å². The Morgan fingerprint density at radius 1 is 1.33 bits per heavy atom. The molecular weight excluding hydrogens is 195 g/mol. The lowest BCUT2D eigenvalue weighted by atomic mass is 10.1. The van der Waals surface area contributed by atoms with Crippen LogP contribution in [0.1, 0.15) is 17.3 Å². The summed E-state index contributed by atoms with van der Waals surface area (Å²) in [7, 11) is 0. The van der Waals surface area contributed by atoms with Crippen LogP contribution in [0.25, 0.3) is 0 Å². The van der Waals surface area contributed by atoms with Crippen LogP contribution >= 0.6 is 0 Å². The Hall–Kier alpha value is -1.71. The van der Waals surface area contributed by atoms with Gasteiger partial charge in [0.15, 0.2) is 5.82 Å². The van der Waals surface area contributed by atoms with Crippen LogP contribution in [0.3, 0.4) is 0 Å². The topological polar surface area (TPSA) is 38.9 Å². The molecule has 0 bridgehead atoms. The molecule has 78 valence electrons. The molecule has 0 N–H and O–H groups in total. The van der Waals surface area contributed by atoms with Gasteiger partial charge in [-0.15, -0.1) is 0 Å². The second kappa shape index (κ2) is 4.21. The predicted octanol–water partition coefficient (Wildman–Crippen LogP) is 2.30. The van der Waals surface area contributed by atoms with Gasteiger partial charge in [-0.2, -0.15) is 4.98 Å². The summed E-state index contributed by atoms with van der Waals surface area (Å²) in [4.78, 5) is 4.08. The lowest BCUT2D eigenvalue weighted by molar-refractivity contribution is 0.374. The standard InChI is InChI=1S/C11H11FN2O/c1-8-13-11(15-14-8)6-5-9-3-2-4-10(12)7-9/h2-4,7H,5-6H2,1H3. The summed E-state index contributed by atoms with van der Waals surface area (Å²) in [5.41, 5.74) is 0.936. The normalized spacial score (nSPS) is 10.5. The maximum absolute atomic E-state index is 12.8. The molecule has 4 heteroatoms. The number of halogens is 1. The molecule has 0 fully saturated rings. The molecule has 0 radical (unpaired) electrons. The third kappa shape index (κ3) is 2.62. The molecule has 15 heavy (non-hydrogen) atoms. The minimum absolute atomic E-state index is 0.214. The lowest BCUT2D eigenvalue weighted by Gasteiger charge is -1.97. The van der Waals surface area contributed by atoms with Crippen LogP contribution < -0.4 is 0 Å². The van der Waals surface area contributed by atoms with Gasteiger partial charge >= 0.3 is 0 Å². The van der Waals surface area contributed by atoms with Gasteiger partial charge in [0.05, 0.1) is 0 Å². The summed E-state index contributed by atoms with van der Waals surface area (Å²) in [5, 5.41) is 3.69. The lowest BCUT2D eigenvalue weighted by Crippen LogP contribution is -1.92. The van der Waals surface area contributed by atoms with Crippen LogP contribution in [-0.4, -0.2) is 10.1 Å². The molecule has 0 aliphatic rings. The predicted molar refractivity (Wildman–Crippen MR) is 52.8 cm³/mol. The molecular formula is C11H11FN2O. The zero-order valence-corrected chi connectivity index (χ0v) is 8.40. The maximum atomic E-state index is 12.8. The highest BCUT2D eigenvalue weighted by molar-refractivity contribution is 5.16. The van der Waals surface area contributed by atoms with Crippen molar-refractivity contribution in [1.29, 1.82) is 0 Å². The number of hydrogen-bond donors (Lipinski definition) is 0. The molecule has 1 heterocycles. The summed E-state index contributed by atoms with van der Waals surface area (Å²) < 4.78 is 17.8. The number of nitrogens with zero attached hydrogens (tertiary/aromatic N) is 2. The highest BCUT2D eigenvalue weighted by Crippen LogP contribution is 2.07.